The van der Waals surface area contributed by atoms with Crippen molar-refractivity contribution in [2.45, 2.75) is 66.4 Å². The maximum absolute atomic E-state index is 12.2. The largest absolute Gasteiger partial charge is 0.461 e. The van der Waals surface area contributed by atoms with Crippen LogP contribution in [-0.4, -0.2) is 12.1 Å². The molecular formula is C16H26O2. The van der Waals surface area contributed by atoms with Gasteiger partial charge in [0, 0.05) is 11.8 Å². The van der Waals surface area contributed by atoms with Crippen LogP contribution in [0.1, 0.15) is 60.3 Å². The maximum Gasteiger partial charge on any atom is 0.313 e. The van der Waals surface area contributed by atoms with E-state index in [9.17, 15) is 4.79 Å². The highest BCUT2D eigenvalue weighted by Crippen LogP contribution is 2.50. The van der Waals surface area contributed by atoms with Crippen molar-refractivity contribution in [3.05, 3.63) is 12.2 Å². The highest BCUT2D eigenvalue weighted by atomic mass is 16.6. The van der Waals surface area contributed by atoms with E-state index in [1.165, 1.54) is 0 Å². The normalized spacial score (nSPS) is 26.9. The molecule has 1 saturated heterocycles. The van der Waals surface area contributed by atoms with Gasteiger partial charge in [-0.15, -0.1) is 0 Å². The highest BCUT2D eigenvalue weighted by Gasteiger charge is 2.53. The van der Waals surface area contributed by atoms with E-state index >= 15 is 0 Å². The number of cyclic esters (lactones) is 1. The molecule has 1 atom stereocenters. The Balaban J connectivity index is 2.10. The summed E-state index contributed by atoms with van der Waals surface area (Å²) in [6.07, 6.45) is 8.02. The van der Waals surface area contributed by atoms with Crippen molar-refractivity contribution in [1.29, 1.82) is 0 Å². The van der Waals surface area contributed by atoms with Crippen molar-refractivity contribution in [2.75, 3.05) is 0 Å². The fraction of sp³-hybridized carbons (Fsp3) is 0.812. The molecule has 18 heavy (non-hydrogen) atoms. The number of carbonyl (C=O) groups is 1. The second kappa shape index (κ2) is 4.11. The monoisotopic (exact) mass is 250 g/mol. The fourth-order valence-electron chi connectivity index (χ4n) is 3.69. The molecule has 0 bridgehead atoms. The average Bonchev–Trinajstić information content (AvgIpc) is 2.73. The number of ether oxygens (including phenoxy) is 1. The number of rotatable bonds is 2. The van der Waals surface area contributed by atoms with E-state index in [0.29, 0.717) is 0 Å². The van der Waals surface area contributed by atoms with Gasteiger partial charge in [0.15, 0.2) is 0 Å². The molecule has 1 aliphatic carbocycles. The molecule has 0 radical (unpaired) electrons. The van der Waals surface area contributed by atoms with Crippen molar-refractivity contribution in [3.8, 4) is 0 Å². The van der Waals surface area contributed by atoms with Crippen molar-refractivity contribution >= 4 is 5.97 Å². The fourth-order valence-corrected chi connectivity index (χ4v) is 3.69. The van der Waals surface area contributed by atoms with E-state index < -0.39 is 0 Å². The molecule has 0 aromatic heterocycles. The van der Waals surface area contributed by atoms with Gasteiger partial charge in [0.05, 0.1) is 5.41 Å². The SMILES string of the molecule is CC(C)(C)CC(C)(C)C1CC2(CC=CC2)C(=O)O1. The van der Waals surface area contributed by atoms with Gasteiger partial charge in [0.2, 0.25) is 0 Å². The maximum atomic E-state index is 12.2. The number of carbonyl (C=O) groups excluding carboxylic acids is 1. The lowest BCUT2D eigenvalue weighted by atomic mass is 9.69. The summed E-state index contributed by atoms with van der Waals surface area (Å²) in [5, 5.41) is 0. The number of hydrogen-bond acceptors (Lipinski definition) is 2. The second-order valence-electron chi connectivity index (χ2n) is 7.98. The predicted molar refractivity (Wildman–Crippen MR) is 73.2 cm³/mol. The molecule has 1 spiro atoms. The van der Waals surface area contributed by atoms with E-state index in [2.05, 4.69) is 46.8 Å². The minimum Gasteiger partial charge on any atom is -0.461 e. The lowest BCUT2D eigenvalue weighted by Crippen LogP contribution is -2.33. The van der Waals surface area contributed by atoms with Crippen LogP contribution in [0.25, 0.3) is 0 Å². The summed E-state index contributed by atoms with van der Waals surface area (Å²) >= 11 is 0. The van der Waals surface area contributed by atoms with Gasteiger partial charge in [0.1, 0.15) is 6.10 Å². The van der Waals surface area contributed by atoms with Crippen LogP contribution in [0.3, 0.4) is 0 Å². The zero-order chi connectivity index (χ0) is 13.6. The Morgan fingerprint density at radius 1 is 1.22 bits per heavy atom. The van der Waals surface area contributed by atoms with Crippen LogP contribution in [0.15, 0.2) is 12.2 Å². The van der Waals surface area contributed by atoms with Gasteiger partial charge < -0.3 is 4.74 Å². The van der Waals surface area contributed by atoms with E-state index in [1.807, 2.05) is 0 Å². The van der Waals surface area contributed by atoms with Crippen molar-refractivity contribution < 1.29 is 9.53 Å². The molecule has 1 fully saturated rings. The predicted octanol–water partition coefficient (Wildman–Crippen LogP) is 4.10. The highest BCUT2D eigenvalue weighted by molar-refractivity contribution is 5.80. The quantitative estimate of drug-likeness (QED) is 0.545. The molecule has 0 amide bonds. The third-order valence-electron chi connectivity index (χ3n) is 4.30. The molecule has 0 aromatic carbocycles. The standard InChI is InChI=1S/C16H26O2/c1-14(2,3)11-15(4,5)12-10-16(13(17)18-12)8-6-7-9-16/h6-7,12H,8-11H2,1-5H3. The lowest BCUT2D eigenvalue weighted by Gasteiger charge is -2.36. The minimum absolute atomic E-state index is 0.0273. The van der Waals surface area contributed by atoms with Crippen molar-refractivity contribution in [3.63, 3.8) is 0 Å². The first-order valence-electron chi connectivity index (χ1n) is 7.01. The van der Waals surface area contributed by atoms with Crippen LogP contribution >= 0.6 is 0 Å². The summed E-state index contributed by atoms with van der Waals surface area (Å²) in [5.74, 6) is 0.0273. The van der Waals surface area contributed by atoms with E-state index in [1.54, 1.807) is 0 Å². The van der Waals surface area contributed by atoms with Crippen LogP contribution in [0.4, 0.5) is 0 Å². The number of allylic oxidation sites excluding steroid dienone is 2. The Morgan fingerprint density at radius 3 is 2.28 bits per heavy atom. The zero-order valence-electron chi connectivity index (χ0n) is 12.4. The van der Waals surface area contributed by atoms with Gasteiger partial charge >= 0.3 is 5.97 Å². The zero-order valence-corrected chi connectivity index (χ0v) is 12.4. The van der Waals surface area contributed by atoms with Crippen LogP contribution < -0.4 is 0 Å². The lowest BCUT2D eigenvalue weighted by molar-refractivity contribution is -0.152. The van der Waals surface area contributed by atoms with Gasteiger partial charge in [-0.1, -0.05) is 46.8 Å². The first kappa shape index (κ1) is 13.6. The number of esters is 1. The molecule has 2 nitrogen and oxygen atoms in total. The van der Waals surface area contributed by atoms with E-state index in [-0.39, 0.29) is 28.3 Å². The number of hydrogen-bond donors (Lipinski definition) is 0. The summed E-state index contributed by atoms with van der Waals surface area (Å²) in [6.45, 7) is 11.2. The van der Waals surface area contributed by atoms with Gasteiger partial charge in [-0.25, -0.2) is 0 Å². The van der Waals surface area contributed by atoms with Crippen LogP contribution in [0.2, 0.25) is 0 Å². The van der Waals surface area contributed by atoms with Crippen LogP contribution in [-0.2, 0) is 9.53 Å². The molecule has 1 unspecified atom stereocenters. The van der Waals surface area contributed by atoms with Crippen LogP contribution in [0.5, 0.6) is 0 Å². The van der Waals surface area contributed by atoms with Gasteiger partial charge in [-0.2, -0.15) is 0 Å². The van der Waals surface area contributed by atoms with Gasteiger partial charge in [-0.3, -0.25) is 4.79 Å². The topological polar surface area (TPSA) is 26.3 Å². The Morgan fingerprint density at radius 2 is 1.78 bits per heavy atom. The van der Waals surface area contributed by atoms with Gasteiger partial charge in [-0.05, 0) is 24.7 Å². The molecule has 102 valence electrons. The summed E-state index contributed by atoms with van der Waals surface area (Å²) in [4.78, 5) is 12.2. The first-order valence-corrected chi connectivity index (χ1v) is 7.01. The molecule has 1 aliphatic heterocycles. The molecule has 0 aromatic rings. The smallest absolute Gasteiger partial charge is 0.313 e. The molecular weight excluding hydrogens is 224 g/mol. The molecule has 2 heteroatoms. The molecule has 2 rings (SSSR count). The molecule has 1 heterocycles. The summed E-state index contributed by atoms with van der Waals surface area (Å²) in [7, 11) is 0. The average molecular weight is 250 g/mol. The summed E-state index contributed by atoms with van der Waals surface area (Å²) in [5.41, 5.74) is 0.0966. The molecule has 2 aliphatic rings. The summed E-state index contributed by atoms with van der Waals surface area (Å²) < 4.78 is 5.73. The Kier molecular flexibility index (Phi) is 3.11. The Bertz CT molecular complexity index is 363. The van der Waals surface area contributed by atoms with Crippen molar-refractivity contribution in [2.24, 2.45) is 16.2 Å². The van der Waals surface area contributed by atoms with E-state index in [4.69, 9.17) is 4.74 Å². The minimum atomic E-state index is -0.222. The first-order chi connectivity index (χ1) is 8.15. The Labute approximate surface area is 111 Å². The Hall–Kier alpha value is -0.790. The molecule has 0 saturated carbocycles. The van der Waals surface area contributed by atoms with Gasteiger partial charge in [0.25, 0.3) is 0 Å². The summed E-state index contributed by atoms with van der Waals surface area (Å²) in [6, 6.07) is 0. The second-order valence-corrected chi connectivity index (χ2v) is 7.98. The van der Waals surface area contributed by atoms with Crippen molar-refractivity contribution in [1.82, 2.24) is 0 Å². The third kappa shape index (κ3) is 2.48. The molecule has 0 N–H and O–H groups in total. The van der Waals surface area contributed by atoms with E-state index in [0.717, 1.165) is 25.7 Å². The van der Waals surface area contributed by atoms with Crippen LogP contribution in [0, 0.1) is 16.2 Å². The third-order valence-corrected chi connectivity index (χ3v) is 4.30.